The first-order valence-corrected chi connectivity index (χ1v) is 8.60. The third kappa shape index (κ3) is 4.66. The monoisotopic (exact) mass is 311 g/mol. The van der Waals surface area contributed by atoms with Gasteiger partial charge in [-0.05, 0) is 6.92 Å². The molecule has 0 bridgehead atoms. The predicted molar refractivity (Wildman–Crippen MR) is 70.5 cm³/mol. The molecular formula is C10H17NO6S2. The van der Waals surface area contributed by atoms with E-state index >= 15 is 0 Å². The Morgan fingerprint density at radius 2 is 2.16 bits per heavy atom. The van der Waals surface area contributed by atoms with Crippen LogP contribution in [0.3, 0.4) is 0 Å². The summed E-state index contributed by atoms with van der Waals surface area (Å²) in [5.41, 5.74) is 0. The summed E-state index contributed by atoms with van der Waals surface area (Å²) < 4.78 is 30.0. The molecule has 0 aromatic heterocycles. The van der Waals surface area contributed by atoms with Crippen molar-refractivity contribution in [2.45, 2.75) is 19.4 Å². The number of nitrogens with zero attached hydrogens (tertiary/aromatic N) is 1. The Bertz CT molecular complexity index is 435. The highest BCUT2D eigenvalue weighted by Gasteiger charge is 2.37. The summed E-state index contributed by atoms with van der Waals surface area (Å²) in [6, 6.07) is -0.850. The summed E-state index contributed by atoms with van der Waals surface area (Å²) in [5, 5.41) is 8.56. The molecule has 0 aromatic rings. The predicted octanol–water partition coefficient (Wildman–Crippen LogP) is -0.229. The first kappa shape index (κ1) is 16.3. The number of sulfonamides is 1. The Kier molecular flexibility index (Phi) is 6.08. The van der Waals surface area contributed by atoms with Gasteiger partial charge < -0.3 is 9.84 Å². The Balaban J connectivity index is 2.81. The minimum atomic E-state index is -3.75. The maximum absolute atomic E-state index is 12.1. The molecule has 0 aliphatic carbocycles. The maximum atomic E-state index is 12.1. The van der Waals surface area contributed by atoms with Crippen LogP contribution in [0.2, 0.25) is 0 Å². The van der Waals surface area contributed by atoms with E-state index in [1.807, 2.05) is 0 Å². The third-order valence-corrected chi connectivity index (χ3v) is 5.46. The van der Waals surface area contributed by atoms with Crippen molar-refractivity contribution in [3.8, 4) is 0 Å². The van der Waals surface area contributed by atoms with Gasteiger partial charge in [0.15, 0.2) is 0 Å². The SMILES string of the molecule is CCOC(=O)C1CSCCN1S(=O)(=O)CCC(=O)O. The fourth-order valence-corrected chi connectivity index (χ4v) is 4.51. The molecule has 1 fully saturated rings. The molecule has 9 heteroatoms. The average molecular weight is 311 g/mol. The lowest BCUT2D eigenvalue weighted by Gasteiger charge is -2.32. The molecule has 1 heterocycles. The highest BCUT2D eigenvalue weighted by atomic mass is 32.2. The fourth-order valence-electron chi connectivity index (χ4n) is 1.68. The zero-order chi connectivity index (χ0) is 14.5. The van der Waals surface area contributed by atoms with Crippen molar-refractivity contribution in [1.29, 1.82) is 0 Å². The van der Waals surface area contributed by atoms with E-state index in [1.54, 1.807) is 6.92 Å². The molecule has 19 heavy (non-hydrogen) atoms. The van der Waals surface area contributed by atoms with E-state index in [-0.39, 0.29) is 13.2 Å². The van der Waals surface area contributed by atoms with Gasteiger partial charge in [0.25, 0.3) is 0 Å². The number of carbonyl (C=O) groups excluding carboxylic acids is 1. The van der Waals surface area contributed by atoms with Gasteiger partial charge in [0.2, 0.25) is 10.0 Å². The van der Waals surface area contributed by atoms with Crippen LogP contribution in [-0.2, 0) is 24.3 Å². The molecule has 1 unspecified atom stereocenters. The van der Waals surface area contributed by atoms with Crippen molar-refractivity contribution < 1.29 is 27.9 Å². The minimum absolute atomic E-state index is 0.184. The van der Waals surface area contributed by atoms with E-state index < -0.39 is 40.2 Å². The van der Waals surface area contributed by atoms with Gasteiger partial charge in [0.05, 0.1) is 18.8 Å². The van der Waals surface area contributed by atoms with Gasteiger partial charge in [-0.3, -0.25) is 9.59 Å². The number of carboxylic acids is 1. The minimum Gasteiger partial charge on any atom is -0.481 e. The van der Waals surface area contributed by atoms with Gasteiger partial charge in [-0.15, -0.1) is 0 Å². The first-order chi connectivity index (χ1) is 8.88. The van der Waals surface area contributed by atoms with Gasteiger partial charge in [0, 0.05) is 18.1 Å². The molecule has 7 nitrogen and oxygen atoms in total. The number of thioether (sulfide) groups is 1. The normalized spacial score (nSPS) is 21.0. The number of hydrogen-bond donors (Lipinski definition) is 1. The summed E-state index contributed by atoms with van der Waals surface area (Å²) in [6.45, 7) is 2.04. The van der Waals surface area contributed by atoms with Gasteiger partial charge >= 0.3 is 11.9 Å². The number of ether oxygens (including phenoxy) is 1. The van der Waals surface area contributed by atoms with Crippen molar-refractivity contribution >= 4 is 33.7 Å². The van der Waals surface area contributed by atoms with Crippen LogP contribution < -0.4 is 0 Å². The van der Waals surface area contributed by atoms with Crippen LogP contribution in [0.15, 0.2) is 0 Å². The summed E-state index contributed by atoms with van der Waals surface area (Å²) in [6.07, 6.45) is -0.471. The van der Waals surface area contributed by atoms with Crippen molar-refractivity contribution in [1.82, 2.24) is 4.31 Å². The Labute approximate surface area is 116 Å². The fraction of sp³-hybridized carbons (Fsp3) is 0.800. The molecular weight excluding hydrogens is 294 g/mol. The van der Waals surface area contributed by atoms with Crippen LogP contribution >= 0.6 is 11.8 Å². The van der Waals surface area contributed by atoms with Gasteiger partial charge in [-0.2, -0.15) is 16.1 Å². The van der Waals surface area contributed by atoms with Crippen LogP contribution in [0.25, 0.3) is 0 Å². The quantitative estimate of drug-likeness (QED) is 0.676. The van der Waals surface area contributed by atoms with Gasteiger partial charge in [-0.25, -0.2) is 8.42 Å². The van der Waals surface area contributed by atoms with E-state index in [0.29, 0.717) is 11.5 Å². The number of aliphatic carboxylic acids is 1. The second kappa shape index (κ2) is 7.11. The summed E-state index contributed by atoms with van der Waals surface area (Å²) >= 11 is 1.48. The molecule has 1 N–H and O–H groups in total. The first-order valence-electron chi connectivity index (χ1n) is 5.84. The van der Waals surface area contributed by atoms with E-state index in [2.05, 4.69) is 0 Å². The summed E-state index contributed by atoms with van der Waals surface area (Å²) in [7, 11) is -3.75. The van der Waals surface area contributed by atoms with E-state index in [0.717, 1.165) is 4.31 Å². The summed E-state index contributed by atoms with van der Waals surface area (Å²) in [5.74, 6) is -1.33. The van der Waals surface area contributed by atoms with E-state index in [1.165, 1.54) is 11.8 Å². The molecule has 0 spiro atoms. The Hall–Kier alpha value is -0.800. The molecule has 110 valence electrons. The number of esters is 1. The molecule has 1 aliphatic heterocycles. The lowest BCUT2D eigenvalue weighted by Crippen LogP contribution is -2.51. The number of carbonyl (C=O) groups is 2. The van der Waals surface area contributed by atoms with Gasteiger partial charge in [0.1, 0.15) is 6.04 Å². The van der Waals surface area contributed by atoms with Crippen LogP contribution in [0.1, 0.15) is 13.3 Å². The van der Waals surface area contributed by atoms with Crippen molar-refractivity contribution in [3.05, 3.63) is 0 Å². The van der Waals surface area contributed by atoms with Crippen LogP contribution in [0.5, 0.6) is 0 Å². The van der Waals surface area contributed by atoms with Crippen molar-refractivity contribution in [2.24, 2.45) is 0 Å². The highest BCUT2D eigenvalue weighted by Crippen LogP contribution is 2.21. The molecule has 0 amide bonds. The largest absolute Gasteiger partial charge is 0.481 e. The number of hydrogen-bond acceptors (Lipinski definition) is 6. The van der Waals surface area contributed by atoms with Gasteiger partial charge in [-0.1, -0.05) is 0 Å². The smallest absolute Gasteiger partial charge is 0.325 e. The Morgan fingerprint density at radius 3 is 2.74 bits per heavy atom. The van der Waals surface area contributed by atoms with Crippen LogP contribution in [0, 0.1) is 0 Å². The maximum Gasteiger partial charge on any atom is 0.325 e. The number of rotatable bonds is 6. The zero-order valence-electron chi connectivity index (χ0n) is 10.6. The Morgan fingerprint density at radius 1 is 1.47 bits per heavy atom. The van der Waals surface area contributed by atoms with E-state index in [9.17, 15) is 18.0 Å². The molecule has 1 rings (SSSR count). The van der Waals surface area contributed by atoms with Crippen molar-refractivity contribution in [2.75, 3.05) is 30.4 Å². The standard InChI is InChI=1S/C10H17NO6S2/c1-2-17-10(14)8-7-18-5-4-11(8)19(15,16)6-3-9(12)13/h8H,2-7H2,1H3,(H,12,13). The molecule has 1 atom stereocenters. The molecule has 0 radical (unpaired) electrons. The lowest BCUT2D eigenvalue weighted by molar-refractivity contribution is -0.147. The zero-order valence-corrected chi connectivity index (χ0v) is 12.2. The lowest BCUT2D eigenvalue weighted by atomic mass is 10.3. The second-order valence-corrected chi connectivity index (χ2v) is 7.10. The number of carboxylic acid groups (broad SMARTS) is 1. The van der Waals surface area contributed by atoms with E-state index in [4.69, 9.17) is 9.84 Å². The summed E-state index contributed by atoms with van der Waals surface area (Å²) in [4.78, 5) is 22.2. The van der Waals surface area contributed by atoms with Crippen LogP contribution in [0.4, 0.5) is 0 Å². The second-order valence-electron chi connectivity index (χ2n) is 3.91. The molecule has 1 saturated heterocycles. The third-order valence-electron chi connectivity index (χ3n) is 2.57. The van der Waals surface area contributed by atoms with Crippen LogP contribution in [-0.4, -0.2) is 66.2 Å². The molecule has 1 aliphatic rings. The average Bonchev–Trinajstić information content (AvgIpc) is 2.37. The molecule has 0 aromatic carbocycles. The van der Waals surface area contributed by atoms with Crippen molar-refractivity contribution in [3.63, 3.8) is 0 Å². The highest BCUT2D eigenvalue weighted by molar-refractivity contribution is 7.99. The topological polar surface area (TPSA) is 101 Å². The molecule has 0 saturated carbocycles.